The van der Waals surface area contributed by atoms with E-state index >= 15 is 0 Å². The molecule has 0 bridgehead atoms. The minimum absolute atomic E-state index is 0.0322. The quantitative estimate of drug-likeness (QED) is 0.220. The largest absolute Gasteiger partial charge is 0.507 e. The first kappa shape index (κ1) is 28.1. The van der Waals surface area contributed by atoms with E-state index in [9.17, 15) is 9.90 Å². The van der Waals surface area contributed by atoms with Gasteiger partial charge in [-0.3, -0.25) is 9.69 Å². The monoisotopic (exact) mass is 533 g/mol. The molecule has 2 aromatic carbocycles. The maximum Gasteiger partial charge on any atom is 0.205 e. The van der Waals surface area contributed by atoms with Crippen molar-refractivity contribution in [1.82, 2.24) is 4.90 Å². The van der Waals surface area contributed by atoms with Crippen molar-refractivity contribution in [3.63, 3.8) is 0 Å². The van der Waals surface area contributed by atoms with E-state index in [0.29, 0.717) is 5.75 Å². The lowest BCUT2D eigenvalue weighted by Crippen LogP contribution is -2.36. The van der Waals surface area contributed by atoms with Crippen LogP contribution in [0.25, 0.3) is 21.9 Å². The van der Waals surface area contributed by atoms with Crippen LogP contribution in [0.2, 0.25) is 0 Å². The van der Waals surface area contributed by atoms with Crippen LogP contribution in [0, 0.1) is 12.3 Å². The molecule has 0 amide bonds. The molecular formula is C31H35NO7. The van der Waals surface area contributed by atoms with E-state index in [1.807, 2.05) is 26.0 Å². The lowest BCUT2D eigenvalue weighted by atomic mass is 10.1. The van der Waals surface area contributed by atoms with Gasteiger partial charge in [-0.25, -0.2) is 0 Å². The summed E-state index contributed by atoms with van der Waals surface area (Å²) in [7, 11) is 0. The molecule has 0 aliphatic carbocycles. The van der Waals surface area contributed by atoms with Gasteiger partial charge >= 0.3 is 0 Å². The Balaban J connectivity index is 1.76. The van der Waals surface area contributed by atoms with Gasteiger partial charge in [0.05, 0.1) is 18.6 Å². The Morgan fingerprint density at radius 1 is 1.15 bits per heavy atom. The van der Waals surface area contributed by atoms with Crippen LogP contribution in [0.4, 0.5) is 0 Å². The average molecular weight is 534 g/mol. The molecule has 1 aromatic heterocycles. The number of phenols is 1. The lowest BCUT2D eigenvalue weighted by Gasteiger charge is -2.25. The zero-order valence-corrected chi connectivity index (χ0v) is 22.9. The lowest BCUT2D eigenvalue weighted by molar-refractivity contribution is 0.0434. The maximum atomic E-state index is 13.5. The van der Waals surface area contributed by atoms with Crippen molar-refractivity contribution in [2.24, 2.45) is 0 Å². The number of hydrogen-bond acceptors (Lipinski definition) is 8. The summed E-state index contributed by atoms with van der Waals surface area (Å²) < 4.78 is 29.7. The molecule has 1 saturated heterocycles. The Hall–Kier alpha value is -3.93. The molecule has 4 rings (SSSR count). The van der Waals surface area contributed by atoms with E-state index in [1.165, 1.54) is 12.1 Å². The smallest absolute Gasteiger partial charge is 0.205 e. The van der Waals surface area contributed by atoms with Gasteiger partial charge in [0.15, 0.2) is 16.9 Å². The number of morpholine rings is 1. The summed E-state index contributed by atoms with van der Waals surface area (Å²) in [6.07, 6.45) is 11.2. The van der Waals surface area contributed by atoms with E-state index in [2.05, 4.69) is 17.4 Å². The normalized spacial score (nSPS) is 14.9. The van der Waals surface area contributed by atoms with Crippen molar-refractivity contribution in [3.8, 4) is 35.3 Å². The molecular weight excluding hydrogens is 498 g/mol. The molecule has 39 heavy (non-hydrogen) atoms. The van der Waals surface area contributed by atoms with Crippen LogP contribution >= 0.6 is 0 Å². The first-order chi connectivity index (χ1) is 18.5. The number of hydrogen-bond donors (Lipinski definition) is 1. The van der Waals surface area contributed by atoms with E-state index in [-0.39, 0.29) is 45.8 Å². The van der Waals surface area contributed by atoms with Gasteiger partial charge in [-0.15, -0.1) is 6.42 Å². The molecule has 2 heterocycles. The van der Waals surface area contributed by atoms with Crippen molar-refractivity contribution in [1.29, 1.82) is 0 Å². The number of fused-ring (bicyclic) bond motifs is 2. The first-order valence-corrected chi connectivity index (χ1v) is 12.9. The minimum Gasteiger partial charge on any atom is -0.507 e. The summed E-state index contributed by atoms with van der Waals surface area (Å²) in [6.45, 7) is 15.2. The van der Waals surface area contributed by atoms with E-state index in [0.717, 1.165) is 32.8 Å². The fourth-order valence-electron chi connectivity index (χ4n) is 4.09. The third kappa shape index (κ3) is 6.56. The minimum atomic E-state index is -0.934. The molecule has 1 N–H and O–H groups in total. The van der Waals surface area contributed by atoms with E-state index < -0.39 is 16.6 Å². The van der Waals surface area contributed by atoms with Gasteiger partial charge in [0.2, 0.25) is 11.2 Å². The Bertz CT molecular complexity index is 1490. The molecule has 0 radical (unpaired) electrons. The van der Waals surface area contributed by atoms with Crippen molar-refractivity contribution < 1.29 is 28.5 Å². The second-order valence-corrected chi connectivity index (χ2v) is 10.4. The van der Waals surface area contributed by atoms with Gasteiger partial charge in [0, 0.05) is 31.8 Å². The molecule has 0 saturated carbocycles. The van der Waals surface area contributed by atoms with Gasteiger partial charge in [-0.2, -0.15) is 0 Å². The highest BCUT2D eigenvalue weighted by Gasteiger charge is 2.24. The highest BCUT2D eigenvalue weighted by Crippen LogP contribution is 2.40. The standard InChI is InChI=1S/C31H35NO7/c1-7-30(3,4)38-21-19-23(33)26-25(20-21)37-28-22(27(26)34)11-12-24(39-31(5,6)8-2)29(28)36-16-10-9-13-32-14-17-35-18-15-32/h1,8-12,19-20,33H,2,13-18H2,3-6H3/b10-9+. The van der Waals surface area contributed by atoms with Crippen molar-refractivity contribution in [2.75, 3.05) is 39.5 Å². The van der Waals surface area contributed by atoms with Crippen LogP contribution in [0.15, 0.2) is 58.3 Å². The molecule has 8 nitrogen and oxygen atoms in total. The molecule has 3 aromatic rings. The number of rotatable bonds is 10. The van der Waals surface area contributed by atoms with Gasteiger partial charge in [-0.05, 0) is 45.9 Å². The second-order valence-electron chi connectivity index (χ2n) is 10.4. The molecule has 0 unspecified atom stereocenters. The van der Waals surface area contributed by atoms with Crippen LogP contribution in [0.1, 0.15) is 27.7 Å². The van der Waals surface area contributed by atoms with Crippen LogP contribution in [-0.4, -0.2) is 60.7 Å². The number of ether oxygens (including phenoxy) is 4. The highest BCUT2D eigenvalue weighted by molar-refractivity contribution is 5.96. The van der Waals surface area contributed by atoms with E-state index in [4.69, 9.17) is 29.8 Å². The molecule has 8 heteroatoms. The van der Waals surface area contributed by atoms with Crippen molar-refractivity contribution >= 4 is 21.9 Å². The summed E-state index contributed by atoms with van der Waals surface area (Å²) in [4.78, 5) is 15.8. The predicted molar refractivity (Wildman–Crippen MR) is 152 cm³/mol. The molecule has 1 aliphatic rings. The Labute approximate surface area is 228 Å². The third-order valence-electron chi connectivity index (χ3n) is 6.36. The molecule has 1 aliphatic heterocycles. The fourth-order valence-corrected chi connectivity index (χ4v) is 4.09. The fraction of sp³-hybridized carbons (Fsp3) is 0.387. The van der Waals surface area contributed by atoms with Crippen LogP contribution in [0.3, 0.4) is 0 Å². The van der Waals surface area contributed by atoms with Crippen LogP contribution in [-0.2, 0) is 4.74 Å². The first-order valence-electron chi connectivity index (χ1n) is 12.9. The van der Waals surface area contributed by atoms with Gasteiger partial charge < -0.3 is 28.5 Å². The van der Waals surface area contributed by atoms with Gasteiger partial charge in [0.25, 0.3) is 0 Å². The molecule has 0 atom stereocenters. The van der Waals surface area contributed by atoms with Gasteiger partial charge in [-0.1, -0.05) is 24.7 Å². The Morgan fingerprint density at radius 2 is 1.90 bits per heavy atom. The average Bonchev–Trinajstić information content (AvgIpc) is 2.89. The van der Waals surface area contributed by atoms with Crippen molar-refractivity contribution in [3.05, 3.63) is 59.3 Å². The zero-order valence-electron chi connectivity index (χ0n) is 22.9. The summed E-state index contributed by atoms with van der Waals surface area (Å²) in [5, 5.41) is 11.0. The topological polar surface area (TPSA) is 90.6 Å². The predicted octanol–water partition coefficient (Wildman–Crippen LogP) is 5.05. The number of phenolic OH excluding ortho intramolecular Hbond substituents is 1. The number of terminal acetylenes is 1. The summed E-state index contributed by atoms with van der Waals surface area (Å²) in [6, 6.07) is 6.14. The SMILES string of the molecule is C#CC(C)(C)Oc1cc(O)c2c(=O)c3ccc(OC(C)(C)C=C)c(OC/C=C/CN4CCOCC4)c3oc2c1. The second kappa shape index (κ2) is 11.4. The van der Waals surface area contributed by atoms with E-state index in [1.54, 1.807) is 32.1 Å². The Kier molecular flexibility index (Phi) is 8.24. The number of nitrogens with zero attached hydrogens (tertiary/aromatic N) is 1. The van der Waals surface area contributed by atoms with Gasteiger partial charge in [0.1, 0.15) is 34.7 Å². The van der Waals surface area contributed by atoms with Crippen molar-refractivity contribution in [2.45, 2.75) is 38.9 Å². The molecule has 1 fully saturated rings. The third-order valence-corrected chi connectivity index (χ3v) is 6.36. The summed E-state index contributed by atoms with van der Waals surface area (Å²) in [5.41, 5.74) is -1.73. The maximum absolute atomic E-state index is 13.5. The molecule has 206 valence electrons. The zero-order chi connectivity index (χ0) is 28.2. The molecule has 0 spiro atoms. The summed E-state index contributed by atoms with van der Waals surface area (Å²) >= 11 is 0. The number of benzene rings is 2. The number of aromatic hydroxyl groups is 1. The summed E-state index contributed by atoms with van der Waals surface area (Å²) in [5.74, 6) is 3.19. The van der Waals surface area contributed by atoms with Crippen LogP contribution in [0.5, 0.6) is 23.0 Å². The van der Waals surface area contributed by atoms with Crippen LogP contribution < -0.4 is 19.6 Å². The Morgan fingerprint density at radius 3 is 2.59 bits per heavy atom. The highest BCUT2D eigenvalue weighted by atomic mass is 16.5.